The van der Waals surface area contributed by atoms with Crippen LogP contribution in [0.15, 0.2) is 48.5 Å². The first-order valence-corrected chi connectivity index (χ1v) is 10.6. The molecule has 0 amide bonds. The highest BCUT2D eigenvalue weighted by molar-refractivity contribution is 7.19. The van der Waals surface area contributed by atoms with Crippen LogP contribution in [0.25, 0.3) is 10.4 Å². The fourth-order valence-electron chi connectivity index (χ4n) is 3.57. The molecule has 28 heavy (non-hydrogen) atoms. The minimum atomic E-state index is 0.586. The zero-order valence-corrected chi connectivity index (χ0v) is 17.3. The molecule has 1 fully saturated rings. The highest BCUT2D eigenvalue weighted by Crippen LogP contribution is 2.38. The Labute approximate surface area is 170 Å². The van der Waals surface area contributed by atoms with Crippen LogP contribution in [-0.2, 0) is 6.42 Å². The van der Waals surface area contributed by atoms with E-state index in [0.717, 1.165) is 48.3 Å². The van der Waals surface area contributed by atoms with Crippen molar-refractivity contribution in [2.24, 2.45) is 0 Å². The van der Waals surface area contributed by atoms with Gasteiger partial charge >= 0.3 is 0 Å². The molecule has 1 saturated heterocycles. The zero-order valence-electron chi connectivity index (χ0n) is 16.5. The third-order valence-electron chi connectivity index (χ3n) is 5.28. The number of nitrogens with one attached hydrogen (secondary N) is 1. The van der Waals surface area contributed by atoms with E-state index in [1.54, 1.807) is 11.3 Å². The van der Waals surface area contributed by atoms with Gasteiger partial charge in [0.2, 0.25) is 0 Å². The van der Waals surface area contributed by atoms with Gasteiger partial charge in [0, 0.05) is 37.6 Å². The summed E-state index contributed by atoms with van der Waals surface area (Å²) in [4.78, 5) is 10.4. The van der Waals surface area contributed by atoms with Crippen LogP contribution in [0.2, 0.25) is 0 Å². The number of thiazole rings is 1. The summed E-state index contributed by atoms with van der Waals surface area (Å²) in [5.41, 5.74) is 11.0. The number of nitrogens with zero attached hydrogens (tertiary/aromatic N) is 3. The Hall–Kier alpha value is -2.57. The molecule has 0 spiro atoms. The lowest BCUT2D eigenvalue weighted by Gasteiger charge is -2.34. The summed E-state index contributed by atoms with van der Waals surface area (Å²) in [6.45, 7) is 6.54. The summed E-state index contributed by atoms with van der Waals surface area (Å²) in [7, 11) is 2.18. The van der Waals surface area contributed by atoms with Crippen LogP contribution in [0.4, 0.5) is 22.3 Å². The predicted molar refractivity (Wildman–Crippen MR) is 121 cm³/mol. The number of anilines is 4. The Balaban J connectivity index is 1.49. The van der Waals surface area contributed by atoms with E-state index in [-0.39, 0.29) is 0 Å². The monoisotopic (exact) mass is 393 g/mol. The summed E-state index contributed by atoms with van der Waals surface area (Å²) in [5.74, 6) is 0.586. The highest BCUT2D eigenvalue weighted by Gasteiger charge is 2.15. The average molecular weight is 394 g/mol. The van der Waals surface area contributed by atoms with Crippen LogP contribution >= 0.6 is 11.3 Å². The summed E-state index contributed by atoms with van der Waals surface area (Å²) in [5, 5.41) is 4.24. The van der Waals surface area contributed by atoms with Crippen molar-refractivity contribution < 1.29 is 0 Å². The van der Waals surface area contributed by atoms with Gasteiger partial charge in [-0.1, -0.05) is 42.5 Å². The number of nitrogens with two attached hydrogens (primary N) is 1. The second-order valence-corrected chi connectivity index (χ2v) is 8.21. The van der Waals surface area contributed by atoms with Crippen LogP contribution < -0.4 is 16.0 Å². The van der Waals surface area contributed by atoms with Crippen LogP contribution in [0, 0.1) is 0 Å². The van der Waals surface area contributed by atoms with Crippen molar-refractivity contribution in [1.29, 1.82) is 0 Å². The molecule has 4 rings (SSSR count). The van der Waals surface area contributed by atoms with E-state index in [1.807, 2.05) is 0 Å². The van der Waals surface area contributed by atoms with Gasteiger partial charge in [-0.15, -0.1) is 0 Å². The molecule has 3 N–H and O–H groups in total. The van der Waals surface area contributed by atoms with Gasteiger partial charge in [-0.05, 0) is 48.9 Å². The molecule has 5 nitrogen and oxygen atoms in total. The fourth-order valence-corrected chi connectivity index (χ4v) is 4.54. The minimum absolute atomic E-state index is 0.586. The maximum atomic E-state index is 6.23. The molecule has 1 aromatic heterocycles. The van der Waals surface area contributed by atoms with E-state index >= 15 is 0 Å². The van der Waals surface area contributed by atoms with Crippen molar-refractivity contribution in [2.45, 2.75) is 13.3 Å². The fraction of sp³-hybridized carbons (Fsp3) is 0.318. The van der Waals surface area contributed by atoms with Crippen LogP contribution in [0.1, 0.15) is 12.5 Å². The summed E-state index contributed by atoms with van der Waals surface area (Å²) in [6, 6.07) is 17.0. The summed E-state index contributed by atoms with van der Waals surface area (Å²) in [6.07, 6.45) is 0.976. The molecule has 1 aliphatic heterocycles. The van der Waals surface area contributed by atoms with E-state index in [9.17, 15) is 0 Å². The van der Waals surface area contributed by atoms with Gasteiger partial charge in [0.05, 0.1) is 4.88 Å². The van der Waals surface area contributed by atoms with E-state index in [1.165, 1.54) is 16.8 Å². The topological polar surface area (TPSA) is 57.4 Å². The van der Waals surface area contributed by atoms with Crippen molar-refractivity contribution in [3.8, 4) is 10.4 Å². The number of rotatable bonds is 5. The van der Waals surface area contributed by atoms with Gasteiger partial charge in [0.1, 0.15) is 5.82 Å². The average Bonchev–Trinajstić information content (AvgIpc) is 3.09. The van der Waals surface area contributed by atoms with E-state index in [2.05, 4.69) is 82.6 Å². The molecule has 0 unspecified atom stereocenters. The first kappa shape index (κ1) is 18.8. The summed E-state index contributed by atoms with van der Waals surface area (Å²) < 4.78 is 0. The zero-order chi connectivity index (χ0) is 19.5. The summed E-state index contributed by atoms with van der Waals surface area (Å²) >= 11 is 1.61. The smallest absolute Gasteiger partial charge is 0.189 e. The van der Waals surface area contributed by atoms with Gasteiger partial charge in [-0.25, -0.2) is 4.98 Å². The number of piperazine rings is 1. The van der Waals surface area contributed by atoms with Gasteiger partial charge in [0.15, 0.2) is 5.13 Å². The van der Waals surface area contributed by atoms with E-state index < -0.39 is 0 Å². The van der Waals surface area contributed by atoms with Gasteiger partial charge in [0.25, 0.3) is 0 Å². The molecule has 0 aliphatic carbocycles. The number of hydrogen-bond donors (Lipinski definition) is 2. The molecule has 6 heteroatoms. The molecular weight excluding hydrogens is 366 g/mol. The maximum absolute atomic E-state index is 6.23. The first-order valence-electron chi connectivity index (χ1n) is 9.79. The number of nitrogen functional groups attached to an aromatic ring is 1. The third kappa shape index (κ3) is 3.98. The molecule has 2 aromatic carbocycles. The van der Waals surface area contributed by atoms with Crippen molar-refractivity contribution in [1.82, 2.24) is 9.88 Å². The standard InChI is InChI=1S/C22H27N5S/c1-3-16-6-4-5-7-19(16)20-21(23)25-22(28-20)24-17-8-10-18(11-9-17)27-14-12-26(2)13-15-27/h4-11H,3,12-15,23H2,1-2H3,(H,24,25). The third-order valence-corrected chi connectivity index (χ3v) is 6.30. The minimum Gasteiger partial charge on any atom is -0.382 e. The second kappa shape index (κ2) is 8.20. The maximum Gasteiger partial charge on any atom is 0.189 e. The molecule has 0 radical (unpaired) electrons. The largest absolute Gasteiger partial charge is 0.382 e. The lowest BCUT2D eigenvalue weighted by Crippen LogP contribution is -2.44. The Morgan fingerprint density at radius 1 is 1.04 bits per heavy atom. The van der Waals surface area contributed by atoms with Crippen molar-refractivity contribution >= 4 is 33.7 Å². The lowest BCUT2D eigenvalue weighted by molar-refractivity contribution is 0.313. The molecule has 0 bridgehead atoms. The van der Waals surface area contributed by atoms with Crippen molar-refractivity contribution in [3.63, 3.8) is 0 Å². The number of aromatic nitrogens is 1. The number of benzene rings is 2. The molecular formula is C22H27N5S. The lowest BCUT2D eigenvalue weighted by atomic mass is 10.0. The van der Waals surface area contributed by atoms with Crippen molar-refractivity contribution in [3.05, 3.63) is 54.1 Å². The molecule has 2 heterocycles. The number of likely N-dealkylation sites (N-methyl/N-ethyl adjacent to an activating group) is 1. The normalized spacial score (nSPS) is 15.0. The Bertz CT molecular complexity index is 926. The van der Waals surface area contributed by atoms with Gasteiger partial charge in [-0.3, -0.25) is 0 Å². The SMILES string of the molecule is CCc1ccccc1-c1sc(Nc2ccc(N3CCN(C)CC3)cc2)nc1N. The molecule has 146 valence electrons. The van der Waals surface area contributed by atoms with Crippen LogP contribution in [-0.4, -0.2) is 43.1 Å². The Morgan fingerprint density at radius 2 is 1.75 bits per heavy atom. The predicted octanol–water partition coefficient (Wildman–Crippen LogP) is 4.45. The second-order valence-electron chi connectivity index (χ2n) is 7.21. The van der Waals surface area contributed by atoms with Crippen LogP contribution in [0.3, 0.4) is 0 Å². The van der Waals surface area contributed by atoms with E-state index in [4.69, 9.17) is 5.73 Å². The van der Waals surface area contributed by atoms with Gasteiger partial charge < -0.3 is 20.9 Å². The Morgan fingerprint density at radius 3 is 2.46 bits per heavy atom. The van der Waals surface area contributed by atoms with Crippen LogP contribution in [0.5, 0.6) is 0 Å². The van der Waals surface area contributed by atoms with Crippen molar-refractivity contribution in [2.75, 3.05) is 49.2 Å². The molecule has 1 aliphatic rings. The first-order chi connectivity index (χ1) is 13.6. The number of aryl methyl sites for hydroxylation is 1. The van der Waals surface area contributed by atoms with E-state index in [0.29, 0.717) is 5.82 Å². The van der Waals surface area contributed by atoms with Gasteiger partial charge in [-0.2, -0.15) is 0 Å². The Kier molecular flexibility index (Phi) is 5.50. The number of hydrogen-bond acceptors (Lipinski definition) is 6. The highest BCUT2D eigenvalue weighted by atomic mass is 32.1. The molecule has 3 aromatic rings. The molecule has 0 atom stereocenters. The quantitative estimate of drug-likeness (QED) is 0.671. The molecule has 0 saturated carbocycles.